The largest absolute Gasteiger partial charge is 0.376 e. The number of nitrogens with zero attached hydrogens (tertiary/aromatic N) is 4. The van der Waals surface area contributed by atoms with Crippen LogP contribution in [-0.2, 0) is 4.79 Å². The Bertz CT molecular complexity index is 710. The molecule has 1 saturated carbocycles. The molecule has 0 unspecified atom stereocenters. The number of amides is 1. The van der Waals surface area contributed by atoms with Crippen molar-refractivity contribution in [1.82, 2.24) is 25.5 Å². The number of hydrogen-bond donors (Lipinski definition) is 2. The number of halogens is 1. The van der Waals surface area contributed by atoms with E-state index in [0.717, 1.165) is 12.8 Å². The monoisotopic (exact) mass is 318 g/mol. The highest BCUT2D eigenvalue weighted by atomic mass is 19.1. The summed E-state index contributed by atoms with van der Waals surface area (Å²) >= 11 is 0. The first kappa shape index (κ1) is 15.4. The van der Waals surface area contributed by atoms with Crippen molar-refractivity contribution < 1.29 is 9.18 Å². The first-order valence-corrected chi connectivity index (χ1v) is 7.65. The molecule has 0 spiro atoms. The van der Waals surface area contributed by atoms with Gasteiger partial charge in [0, 0.05) is 11.7 Å². The number of anilines is 1. The predicted octanol–water partition coefficient (Wildman–Crippen LogP) is 1.75. The maximum atomic E-state index is 14.4. The van der Waals surface area contributed by atoms with E-state index in [1.165, 1.54) is 6.07 Å². The lowest BCUT2D eigenvalue weighted by molar-refractivity contribution is -0.119. The van der Waals surface area contributed by atoms with Gasteiger partial charge >= 0.3 is 0 Å². The van der Waals surface area contributed by atoms with Crippen molar-refractivity contribution in [3.8, 4) is 11.4 Å². The van der Waals surface area contributed by atoms with Crippen LogP contribution in [-0.4, -0.2) is 38.7 Å². The number of aromatic nitrogens is 4. The molecule has 1 aromatic heterocycles. The second kappa shape index (κ2) is 6.31. The molecule has 23 heavy (non-hydrogen) atoms. The molecule has 7 nitrogen and oxygen atoms in total. The van der Waals surface area contributed by atoms with Crippen LogP contribution in [0.5, 0.6) is 0 Å². The van der Waals surface area contributed by atoms with Crippen LogP contribution in [0.4, 0.5) is 10.1 Å². The van der Waals surface area contributed by atoms with Crippen LogP contribution in [0, 0.1) is 5.82 Å². The van der Waals surface area contributed by atoms with E-state index in [-0.39, 0.29) is 18.5 Å². The maximum absolute atomic E-state index is 14.4. The molecule has 0 aliphatic heterocycles. The summed E-state index contributed by atoms with van der Waals surface area (Å²) in [5.41, 5.74) is 0.873. The topological polar surface area (TPSA) is 84.7 Å². The Morgan fingerprint density at radius 1 is 1.43 bits per heavy atom. The van der Waals surface area contributed by atoms with Gasteiger partial charge in [0.15, 0.2) is 5.82 Å². The summed E-state index contributed by atoms with van der Waals surface area (Å²) < 4.78 is 15.9. The first-order valence-electron chi connectivity index (χ1n) is 7.65. The van der Waals surface area contributed by atoms with E-state index in [0.29, 0.717) is 23.1 Å². The standard InChI is InChI=1S/C15H19FN6O/c1-9(2)22-15(19-20-21-22)12-6-5-11(7-13(12)16)17-8-14(23)18-10-3-4-10/h5-7,9-10,17H,3-4,8H2,1-2H3,(H,18,23). The fourth-order valence-electron chi connectivity index (χ4n) is 2.21. The smallest absolute Gasteiger partial charge is 0.239 e. The van der Waals surface area contributed by atoms with Crippen molar-refractivity contribution in [1.29, 1.82) is 0 Å². The molecule has 1 heterocycles. The Balaban J connectivity index is 1.70. The van der Waals surface area contributed by atoms with Gasteiger partial charge in [0.2, 0.25) is 5.91 Å². The van der Waals surface area contributed by atoms with Crippen molar-refractivity contribution in [2.24, 2.45) is 0 Å². The second-order valence-corrected chi connectivity index (χ2v) is 5.93. The van der Waals surface area contributed by atoms with Crippen molar-refractivity contribution in [3.05, 3.63) is 24.0 Å². The molecule has 1 amide bonds. The van der Waals surface area contributed by atoms with Gasteiger partial charge in [-0.2, -0.15) is 0 Å². The molecule has 1 fully saturated rings. The third kappa shape index (κ3) is 3.64. The van der Waals surface area contributed by atoms with Crippen molar-refractivity contribution in [3.63, 3.8) is 0 Å². The zero-order chi connectivity index (χ0) is 16.4. The zero-order valence-corrected chi connectivity index (χ0v) is 13.1. The molecular weight excluding hydrogens is 299 g/mol. The van der Waals surface area contributed by atoms with Crippen LogP contribution >= 0.6 is 0 Å². The summed E-state index contributed by atoms with van der Waals surface area (Å²) in [5.74, 6) is -0.134. The fraction of sp³-hybridized carbons (Fsp3) is 0.467. The molecule has 2 N–H and O–H groups in total. The maximum Gasteiger partial charge on any atom is 0.239 e. The molecule has 1 aliphatic rings. The number of rotatable bonds is 6. The number of carbonyl (C=O) groups excluding carboxylic acids is 1. The Morgan fingerprint density at radius 3 is 2.87 bits per heavy atom. The van der Waals surface area contributed by atoms with Crippen LogP contribution in [0.2, 0.25) is 0 Å². The average Bonchev–Trinajstić information content (AvgIpc) is 3.17. The number of benzene rings is 1. The summed E-state index contributed by atoms with van der Waals surface area (Å²) in [4.78, 5) is 11.6. The Hall–Kier alpha value is -2.51. The summed E-state index contributed by atoms with van der Waals surface area (Å²) in [7, 11) is 0. The summed E-state index contributed by atoms with van der Waals surface area (Å²) in [6.07, 6.45) is 2.08. The average molecular weight is 318 g/mol. The molecule has 2 aromatic rings. The molecule has 1 aliphatic carbocycles. The van der Waals surface area contributed by atoms with Gasteiger partial charge in [-0.15, -0.1) is 5.10 Å². The van der Waals surface area contributed by atoms with Gasteiger partial charge in [-0.3, -0.25) is 4.79 Å². The number of hydrogen-bond acceptors (Lipinski definition) is 5. The third-order valence-corrected chi connectivity index (χ3v) is 3.59. The number of carbonyl (C=O) groups is 1. The number of nitrogens with one attached hydrogen (secondary N) is 2. The minimum Gasteiger partial charge on any atom is -0.376 e. The lowest BCUT2D eigenvalue weighted by Crippen LogP contribution is -2.31. The molecular formula is C15H19FN6O. The normalized spacial score (nSPS) is 14.1. The van der Waals surface area contributed by atoms with E-state index in [1.54, 1.807) is 16.8 Å². The fourth-order valence-corrected chi connectivity index (χ4v) is 2.21. The van der Waals surface area contributed by atoms with Gasteiger partial charge in [-0.1, -0.05) is 0 Å². The van der Waals surface area contributed by atoms with Crippen LogP contribution in [0.15, 0.2) is 18.2 Å². The molecule has 8 heteroatoms. The second-order valence-electron chi connectivity index (χ2n) is 5.93. The summed E-state index contributed by atoms with van der Waals surface area (Å²) in [6.45, 7) is 3.97. The van der Waals surface area contributed by atoms with Gasteiger partial charge < -0.3 is 10.6 Å². The Morgan fingerprint density at radius 2 is 2.22 bits per heavy atom. The van der Waals surface area contributed by atoms with Crippen LogP contribution in [0.1, 0.15) is 32.7 Å². The van der Waals surface area contributed by atoms with Crippen LogP contribution < -0.4 is 10.6 Å². The molecule has 0 bridgehead atoms. The van der Waals surface area contributed by atoms with Gasteiger partial charge in [-0.25, -0.2) is 9.07 Å². The SMILES string of the molecule is CC(C)n1nnnc1-c1ccc(NCC(=O)NC2CC2)cc1F. The van der Waals surface area contributed by atoms with E-state index >= 15 is 0 Å². The first-order chi connectivity index (χ1) is 11.0. The number of tetrazole rings is 1. The minimum atomic E-state index is -0.436. The highest BCUT2D eigenvalue weighted by Gasteiger charge is 2.23. The van der Waals surface area contributed by atoms with Crippen molar-refractivity contribution >= 4 is 11.6 Å². The Kier molecular flexibility index (Phi) is 4.22. The van der Waals surface area contributed by atoms with Gasteiger partial charge in [0.25, 0.3) is 0 Å². The molecule has 1 aromatic carbocycles. The summed E-state index contributed by atoms with van der Waals surface area (Å²) in [5, 5.41) is 17.1. The van der Waals surface area contributed by atoms with E-state index in [2.05, 4.69) is 26.2 Å². The highest BCUT2D eigenvalue weighted by Crippen LogP contribution is 2.24. The molecule has 0 saturated heterocycles. The van der Waals surface area contributed by atoms with Crippen molar-refractivity contribution in [2.75, 3.05) is 11.9 Å². The lowest BCUT2D eigenvalue weighted by Gasteiger charge is -2.10. The lowest BCUT2D eigenvalue weighted by atomic mass is 10.1. The van der Waals surface area contributed by atoms with Gasteiger partial charge in [0.1, 0.15) is 5.82 Å². The predicted molar refractivity (Wildman–Crippen MR) is 83.3 cm³/mol. The Labute approximate surface area is 133 Å². The zero-order valence-electron chi connectivity index (χ0n) is 13.1. The molecule has 122 valence electrons. The minimum absolute atomic E-state index is 0.0309. The van der Waals surface area contributed by atoms with Crippen LogP contribution in [0.25, 0.3) is 11.4 Å². The third-order valence-electron chi connectivity index (χ3n) is 3.59. The van der Waals surface area contributed by atoms with E-state index in [9.17, 15) is 9.18 Å². The highest BCUT2D eigenvalue weighted by molar-refractivity contribution is 5.81. The quantitative estimate of drug-likeness (QED) is 0.847. The molecule has 3 rings (SSSR count). The van der Waals surface area contributed by atoms with E-state index in [4.69, 9.17) is 0 Å². The van der Waals surface area contributed by atoms with Gasteiger partial charge in [-0.05, 0) is 55.3 Å². The van der Waals surface area contributed by atoms with Crippen LogP contribution in [0.3, 0.4) is 0 Å². The summed E-state index contributed by atoms with van der Waals surface area (Å²) in [6, 6.07) is 5.02. The van der Waals surface area contributed by atoms with E-state index in [1.807, 2.05) is 13.8 Å². The van der Waals surface area contributed by atoms with Crippen molar-refractivity contribution in [2.45, 2.75) is 38.8 Å². The molecule has 0 radical (unpaired) electrons. The van der Waals surface area contributed by atoms with Gasteiger partial charge in [0.05, 0.1) is 18.2 Å². The van der Waals surface area contributed by atoms with E-state index < -0.39 is 5.82 Å². The molecule has 0 atom stereocenters.